The van der Waals surface area contributed by atoms with Crippen molar-refractivity contribution in [3.63, 3.8) is 0 Å². The molecule has 0 heterocycles. The molecule has 0 radical (unpaired) electrons. The second kappa shape index (κ2) is 5.61. The second-order valence-corrected chi connectivity index (χ2v) is 4.68. The number of halogens is 1. The average molecular weight is 257 g/mol. The van der Waals surface area contributed by atoms with Gasteiger partial charge in [0.25, 0.3) is 0 Å². The highest BCUT2D eigenvalue weighted by atomic mass is 35.5. The molecule has 94 valence electrons. The van der Waals surface area contributed by atoms with Crippen LogP contribution in [0.25, 0.3) is 0 Å². The Labute approximate surface area is 106 Å². The van der Waals surface area contributed by atoms with Gasteiger partial charge in [0.15, 0.2) is 11.5 Å². The molecule has 4 heteroatoms. The molecule has 0 spiro atoms. The first-order valence-electron chi connectivity index (χ1n) is 5.88. The van der Waals surface area contributed by atoms with Gasteiger partial charge >= 0.3 is 0 Å². The molecule has 0 bridgehead atoms. The molecule has 3 nitrogen and oxygen atoms in total. The van der Waals surface area contributed by atoms with Crippen LogP contribution in [0, 0.1) is 0 Å². The number of benzene rings is 1. The molecule has 1 saturated carbocycles. The maximum Gasteiger partial charge on any atom is 0.163 e. The van der Waals surface area contributed by atoms with Crippen LogP contribution in [0.1, 0.15) is 31.2 Å². The van der Waals surface area contributed by atoms with E-state index in [0.717, 1.165) is 12.8 Å². The normalized spacial score (nSPS) is 16.2. The van der Waals surface area contributed by atoms with Gasteiger partial charge in [-0.15, -0.1) is 0 Å². The maximum atomic E-state index is 9.13. The molecule has 1 fully saturated rings. The van der Waals surface area contributed by atoms with Gasteiger partial charge in [-0.3, -0.25) is 0 Å². The number of aliphatic hydroxyl groups excluding tert-OH is 1. The first-order chi connectivity index (χ1) is 8.24. The topological polar surface area (TPSA) is 38.7 Å². The van der Waals surface area contributed by atoms with Crippen LogP contribution in [-0.2, 0) is 6.61 Å². The zero-order valence-corrected chi connectivity index (χ0v) is 10.7. The Morgan fingerprint density at radius 3 is 2.59 bits per heavy atom. The van der Waals surface area contributed by atoms with E-state index in [4.69, 9.17) is 26.2 Å². The van der Waals surface area contributed by atoms with Crippen LogP contribution in [0.2, 0.25) is 5.02 Å². The van der Waals surface area contributed by atoms with Crippen molar-refractivity contribution in [2.24, 2.45) is 0 Å². The van der Waals surface area contributed by atoms with Crippen molar-refractivity contribution >= 4 is 11.6 Å². The summed E-state index contributed by atoms with van der Waals surface area (Å²) in [7, 11) is 1.59. The summed E-state index contributed by atoms with van der Waals surface area (Å²) >= 11 is 6.05. The highest BCUT2D eigenvalue weighted by Crippen LogP contribution is 2.36. The minimum atomic E-state index is -0.0983. The molecule has 1 N–H and O–H groups in total. The fourth-order valence-electron chi connectivity index (χ4n) is 2.14. The molecule has 1 aromatic carbocycles. The van der Waals surface area contributed by atoms with Crippen LogP contribution >= 0.6 is 11.6 Å². The fourth-order valence-corrected chi connectivity index (χ4v) is 2.35. The number of hydrogen-bond acceptors (Lipinski definition) is 3. The molecular formula is C13H17ClO3. The first kappa shape index (κ1) is 12.5. The lowest BCUT2D eigenvalue weighted by molar-refractivity contribution is 0.200. The van der Waals surface area contributed by atoms with Crippen molar-refractivity contribution in [3.05, 3.63) is 22.7 Å². The van der Waals surface area contributed by atoms with Crippen LogP contribution in [0.5, 0.6) is 11.5 Å². The standard InChI is InChI=1S/C13H17ClO3/c1-16-12-6-9(8-15)11(14)7-13(12)17-10-4-2-3-5-10/h6-7,10,15H,2-5,8H2,1H3. The number of aliphatic hydroxyl groups is 1. The highest BCUT2D eigenvalue weighted by Gasteiger charge is 2.19. The minimum absolute atomic E-state index is 0.0983. The summed E-state index contributed by atoms with van der Waals surface area (Å²) in [6.45, 7) is -0.0983. The fraction of sp³-hybridized carbons (Fsp3) is 0.538. The lowest BCUT2D eigenvalue weighted by atomic mass is 10.2. The molecule has 0 aromatic heterocycles. The first-order valence-corrected chi connectivity index (χ1v) is 6.26. The molecule has 0 aliphatic heterocycles. The van der Waals surface area contributed by atoms with E-state index in [9.17, 15) is 0 Å². The summed E-state index contributed by atoms with van der Waals surface area (Å²) in [5.74, 6) is 1.30. The number of rotatable bonds is 4. The molecule has 2 rings (SSSR count). The van der Waals surface area contributed by atoms with Crippen molar-refractivity contribution in [3.8, 4) is 11.5 Å². The minimum Gasteiger partial charge on any atom is -0.493 e. The molecule has 17 heavy (non-hydrogen) atoms. The van der Waals surface area contributed by atoms with Crippen LogP contribution in [0.15, 0.2) is 12.1 Å². The summed E-state index contributed by atoms with van der Waals surface area (Å²) < 4.78 is 11.1. The quantitative estimate of drug-likeness (QED) is 0.899. The van der Waals surface area contributed by atoms with Gasteiger partial charge in [0.05, 0.1) is 24.8 Å². The van der Waals surface area contributed by atoms with Crippen LogP contribution in [0.4, 0.5) is 0 Å². The van der Waals surface area contributed by atoms with Crippen LogP contribution in [0.3, 0.4) is 0 Å². The Hall–Kier alpha value is -0.930. The summed E-state index contributed by atoms with van der Waals surface area (Å²) in [4.78, 5) is 0. The molecule has 0 unspecified atom stereocenters. The van der Waals surface area contributed by atoms with Gasteiger partial charge in [-0.05, 0) is 37.3 Å². The average Bonchev–Trinajstić information content (AvgIpc) is 2.82. The van der Waals surface area contributed by atoms with E-state index in [1.54, 1.807) is 19.2 Å². The summed E-state index contributed by atoms with van der Waals surface area (Å²) in [5, 5.41) is 9.65. The lowest BCUT2D eigenvalue weighted by Crippen LogP contribution is -2.11. The summed E-state index contributed by atoms with van der Waals surface area (Å²) in [5.41, 5.74) is 0.655. The Kier molecular flexibility index (Phi) is 4.13. The smallest absolute Gasteiger partial charge is 0.163 e. The van der Waals surface area contributed by atoms with E-state index in [-0.39, 0.29) is 12.7 Å². The Balaban J connectivity index is 2.22. The van der Waals surface area contributed by atoms with Gasteiger partial charge in [-0.2, -0.15) is 0 Å². The van der Waals surface area contributed by atoms with Gasteiger partial charge in [0.2, 0.25) is 0 Å². The third kappa shape index (κ3) is 2.85. The predicted octanol–water partition coefficient (Wildman–Crippen LogP) is 3.16. The van der Waals surface area contributed by atoms with Crippen LogP contribution < -0.4 is 9.47 Å². The molecule has 1 aromatic rings. The van der Waals surface area contributed by atoms with E-state index in [0.29, 0.717) is 22.1 Å². The monoisotopic (exact) mass is 256 g/mol. The Morgan fingerprint density at radius 2 is 2.00 bits per heavy atom. The van der Waals surface area contributed by atoms with Crippen molar-refractivity contribution in [1.29, 1.82) is 0 Å². The lowest BCUT2D eigenvalue weighted by Gasteiger charge is -2.17. The van der Waals surface area contributed by atoms with Crippen molar-refractivity contribution in [2.75, 3.05) is 7.11 Å². The zero-order valence-electron chi connectivity index (χ0n) is 9.91. The number of hydrogen-bond donors (Lipinski definition) is 1. The van der Waals surface area contributed by atoms with Crippen molar-refractivity contribution in [1.82, 2.24) is 0 Å². The number of methoxy groups -OCH3 is 1. The number of ether oxygens (including phenoxy) is 2. The molecule has 0 amide bonds. The largest absolute Gasteiger partial charge is 0.493 e. The van der Waals surface area contributed by atoms with Gasteiger partial charge in [-0.25, -0.2) is 0 Å². The molecule has 0 atom stereocenters. The summed E-state index contributed by atoms with van der Waals surface area (Å²) in [6, 6.07) is 3.46. The molecule has 1 aliphatic rings. The van der Waals surface area contributed by atoms with E-state index < -0.39 is 0 Å². The summed E-state index contributed by atoms with van der Waals surface area (Å²) in [6.07, 6.45) is 4.87. The molecular weight excluding hydrogens is 240 g/mol. The van der Waals surface area contributed by atoms with Gasteiger partial charge in [0.1, 0.15) is 0 Å². The SMILES string of the molecule is COc1cc(CO)c(Cl)cc1OC1CCCC1. The predicted molar refractivity (Wildman–Crippen MR) is 66.8 cm³/mol. The van der Waals surface area contributed by atoms with E-state index in [1.165, 1.54) is 12.8 Å². The van der Waals surface area contributed by atoms with Gasteiger partial charge < -0.3 is 14.6 Å². The van der Waals surface area contributed by atoms with Crippen molar-refractivity contribution in [2.45, 2.75) is 38.4 Å². The molecule has 0 saturated heterocycles. The second-order valence-electron chi connectivity index (χ2n) is 4.28. The van der Waals surface area contributed by atoms with Gasteiger partial charge in [-0.1, -0.05) is 11.6 Å². The van der Waals surface area contributed by atoms with E-state index in [2.05, 4.69) is 0 Å². The third-order valence-corrected chi connectivity index (χ3v) is 3.45. The highest BCUT2D eigenvalue weighted by molar-refractivity contribution is 6.31. The van der Waals surface area contributed by atoms with Gasteiger partial charge in [0, 0.05) is 6.07 Å². The Bertz CT molecular complexity index is 386. The molecule has 1 aliphatic carbocycles. The van der Waals surface area contributed by atoms with E-state index >= 15 is 0 Å². The Morgan fingerprint density at radius 1 is 1.29 bits per heavy atom. The maximum absolute atomic E-state index is 9.13. The van der Waals surface area contributed by atoms with Crippen molar-refractivity contribution < 1.29 is 14.6 Å². The third-order valence-electron chi connectivity index (χ3n) is 3.10. The van der Waals surface area contributed by atoms with Crippen LogP contribution in [-0.4, -0.2) is 18.3 Å². The van der Waals surface area contributed by atoms with E-state index in [1.807, 2.05) is 0 Å². The zero-order chi connectivity index (χ0) is 12.3.